The molecule has 2 aliphatic rings. The highest BCUT2D eigenvalue weighted by molar-refractivity contribution is 7.13. The number of hydrogen-bond donors (Lipinski definition) is 2. The van der Waals surface area contributed by atoms with E-state index in [2.05, 4.69) is 57.4 Å². The molecule has 0 atom stereocenters. The summed E-state index contributed by atoms with van der Waals surface area (Å²) in [7, 11) is 1.62. The van der Waals surface area contributed by atoms with Crippen molar-refractivity contribution < 1.29 is 9.53 Å². The zero-order chi connectivity index (χ0) is 23.5. The molecule has 0 spiro atoms. The molecular weight excluding hydrogens is 442 g/mol. The molecule has 0 unspecified atom stereocenters. The van der Waals surface area contributed by atoms with Crippen molar-refractivity contribution in [1.29, 1.82) is 0 Å². The Hall–Kier alpha value is -3.64. The van der Waals surface area contributed by atoms with Crippen molar-refractivity contribution in [3.63, 3.8) is 0 Å². The molecule has 5 nitrogen and oxygen atoms in total. The summed E-state index contributed by atoms with van der Waals surface area (Å²) in [5.41, 5.74) is 4.47. The number of aromatic nitrogens is 1. The molecule has 172 valence electrons. The first kappa shape index (κ1) is 22.2. The Morgan fingerprint density at radius 3 is 2.59 bits per heavy atom. The smallest absolute Gasteiger partial charge is 0.252 e. The maximum absolute atomic E-state index is 13.2. The van der Waals surface area contributed by atoms with E-state index in [1.54, 1.807) is 18.4 Å². The van der Waals surface area contributed by atoms with Crippen LogP contribution in [0.1, 0.15) is 34.3 Å². The SMILES string of the molecule is C1=CNC1.COc1ccc(C)c(C(=O)NC2(c3cc(-c4cccs4)cc4ncccc34)CC2)c1. The van der Waals surface area contributed by atoms with Gasteiger partial charge in [0.15, 0.2) is 0 Å². The van der Waals surface area contributed by atoms with E-state index in [0.29, 0.717) is 11.3 Å². The van der Waals surface area contributed by atoms with Gasteiger partial charge in [-0.25, -0.2) is 0 Å². The summed E-state index contributed by atoms with van der Waals surface area (Å²) in [5.74, 6) is 0.618. The number of carbonyl (C=O) groups is 1. The van der Waals surface area contributed by atoms with Crippen LogP contribution in [0.5, 0.6) is 5.75 Å². The summed E-state index contributed by atoms with van der Waals surface area (Å²) in [5, 5.41) is 9.45. The summed E-state index contributed by atoms with van der Waals surface area (Å²) in [4.78, 5) is 19.0. The van der Waals surface area contributed by atoms with Gasteiger partial charge in [0.25, 0.3) is 5.91 Å². The van der Waals surface area contributed by atoms with Crippen LogP contribution in [0.2, 0.25) is 0 Å². The molecule has 6 heteroatoms. The number of pyridine rings is 1. The van der Waals surface area contributed by atoms with Gasteiger partial charge in [-0.1, -0.05) is 18.2 Å². The topological polar surface area (TPSA) is 63.2 Å². The predicted octanol–water partition coefficient (Wildman–Crippen LogP) is 5.80. The summed E-state index contributed by atoms with van der Waals surface area (Å²) in [6, 6.07) is 18.2. The predicted molar refractivity (Wildman–Crippen MR) is 138 cm³/mol. The number of nitrogens with zero attached hydrogens (tertiary/aromatic N) is 1. The van der Waals surface area contributed by atoms with Gasteiger partial charge >= 0.3 is 0 Å². The molecule has 34 heavy (non-hydrogen) atoms. The van der Waals surface area contributed by atoms with Gasteiger partial charge in [-0.05, 0) is 90.5 Å². The molecule has 3 heterocycles. The van der Waals surface area contributed by atoms with Crippen LogP contribution >= 0.6 is 11.3 Å². The second-order valence-corrected chi connectivity index (χ2v) is 9.55. The van der Waals surface area contributed by atoms with E-state index in [1.165, 1.54) is 4.88 Å². The molecule has 1 fully saturated rings. The maximum atomic E-state index is 13.2. The molecule has 1 saturated carbocycles. The fourth-order valence-corrected chi connectivity index (χ4v) is 4.84. The second kappa shape index (κ2) is 9.31. The number of nitrogens with one attached hydrogen (secondary N) is 2. The highest BCUT2D eigenvalue weighted by Crippen LogP contribution is 2.49. The molecule has 0 bridgehead atoms. The van der Waals surface area contributed by atoms with Crippen LogP contribution in [0, 0.1) is 6.92 Å². The number of fused-ring (bicyclic) bond motifs is 1. The van der Waals surface area contributed by atoms with Crippen LogP contribution in [0.25, 0.3) is 21.3 Å². The molecule has 6 rings (SSSR count). The van der Waals surface area contributed by atoms with E-state index in [0.717, 1.165) is 47.0 Å². The van der Waals surface area contributed by atoms with Crippen molar-refractivity contribution in [2.75, 3.05) is 13.7 Å². The van der Waals surface area contributed by atoms with Gasteiger partial charge in [0.2, 0.25) is 0 Å². The Bertz CT molecular complexity index is 1350. The average molecular weight is 470 g/mol. The van der Waals surface area contributed by atoms with Gasteiger partial charge in [0.05, 0.1) is 18.2 Å². The molecule has 0 saturated heterocycles. The number of hydrogen-bond acceptors (Lipinski definition) is 5. The molecule has 0 radical (unpaired) electrons. The van der Waals surface area contributed by atoms with Gasteiger partial charge in [-0.3, -0.25) is 9.78 Å². The molecule has 1 aliphatic heterocycles. The molecule has 1 aliphatic carbocycles. The molecule has 2 aromatic heterocycles. The zero-order valence-electron chi connectivity index (χ0n) is 19.3. The van der Waals surface area contributed by atoms with Crippen molar-refractivity contribution in [3.05, 3.63) is 95.1 Å². The number of benzene rings is 2. The summed E-state index contributed by atoms with van der Waals surface area (Å²) >= 11 is 1.71. The Kier molecular flexibility index (Phi) is 6.07. The van der Waals surface area contributed by atoms with Crippen LogP contribution in [0.4, 0.5) is 0 Å². The maximum Gasteiger partial charge on any atom is 0.252 e. The fourth-order valence-electron chi connectivity index (χ4n) is 4.13. The number of rotatable bonds is 5. The molecule has 2 aromatic carbocycles. The van der Waals surface area contributed by atoms with Crippen LogP contribution in [-0.4, -0.2) is 24.5 Å². The van der Waals surface area contributed by atoms with E-state index in [-0.39, 0.29) is 11.4 Å². The first-order valence-electron chi connectivity index (χ1n) is 11.4. The van der Waals surface area contributed by atoms with Gasteiger partial charge < -0.3 is 15.4 Å². The first-order chi connectivity index (χ1) is 16.6. The highest BCUT2D eigenvalue weighted by Gasteiger charge is 2.47. The lowest BCUT2D eigenvalue weighted by Crippen LogP contribution is -2.35. The zero-order valence-corrected chi connectivity index (χ0v) is 20.1. The quantitative estimate of drug-likeness (QED) is 0.388. The molecule has 4 aromatic rings. The van der Waals surface area contributed by atoms with Gasteiger partial charge in [-0.2, -0.15) is 0 Å². The molecular formula is C28H27N3O2S. The van der Waals surface area contributed by atoms with E-state index < -0.39 is 0 Å². The number of carbonyl (C=O) groups excluding carboxylic acids is 1. The third-order valence-corrected chi connectivity index (χ3v) is 7.22. The Balaban J connectivity index is 0.000000547. The standard InChI is InChI=1S/C25H22N2O2S.C3H5N/c1-16-7-8-18(29-2)15-20(16)24(28)27-25(9-10-25)21-13-17(23-6-4-12-30-23)14-22-19(21)5-3-11-26-22;1-2-4-3-1/h3-8,11-15H,9-10H2,1-2H3,(H,27,28);1-2,4H,3H2. The van der Waals surface area contributed by atoms with Crippen LogP contribution in [-0.2, 0) is 5.54 Å². The van der Waals surface area contributed by atoms with Crippen molar-refractivity contribution >= 4 is 28.1 Å². The Labute approximate surface area is 203 Å². The van der Waals surface area contributed by atoms with Crippen LogP contribution in [0.15, 0.2) is 78.5 Å². The van der Waals surface area contributed by atoms with Crippen LogP contribution < -0.4 is 15.4 Å². The molecule has 1 amide bonds. The third kappa shape index (κ3) is 4.41. The Morgan fingerprint density at radius 2 is 1.94 bits per heavy atom. The third-order valence-electron chi connectivity index (χ3n) is 6.31. The lowest BCUT2D eigenvalue weighted by Gasteiger charge is -2.22. The lowest BCUT2D eigenvalue weighted by atomic mass is 9.95. The van der Waals surface area contributed by atoms with Gasteiger partial charge in [0.1, 0.15) is 5.75 Å². The van der Waals surface area contributed by atoms with E-state index >= 15 is 0 Å². The Morgan fingerprint density at radius 1 is 1.15 bits per heavy atom. The highest BCUT2D eigenvalue weighted by atomic mass is 32.1. The summed E-state index contributed by atoms with van der Waals surface area (Å²) in [6.07, 6.45) is 7.65. The fraction of sp³-hybridized carbons (Fsp3) is 0.214. The monoisotopic (exact) mass is 469 g/mol. The number of ether oxygens (including phenoxy) is 1. The largest absolute Gasteiger partial charge is 0.497 e. The van der Waals surface area contributed by atoms with E-state index in [9.17, 15) is 4.79 Å². The van der Waals surface area contributed by atoms with Crippen molar-refractivity contribution in [2.45, 2.75) is 25.3 Å². The van der Waals surface area contributed by atoms with E-state index in [1.807, 2.05) is 43.6 Å². The lowest BCUT2D eigenvalue weighted by molar-refractivity contribution is 0.0930. The van der Waals surface area contributed by atoms with Crippen molar-refractivity contribution in [1.82, 2.24) is 15.6 Å². The second-order valence-electron chi connectivity index (χ2n) is 8.60. The summed E-state index contributed by atoms with van der Waals surface area (Å²) in [6.45, 7) is 3.02. The first-order valence-corrected chi connectivity index (χ1v) is 12.3. The van der Waals surface area contributed by atoms with Crippen molar-refractivity contribution in [2.24, 2.45) is 0 Å². The normalized spacial score (nSPS) is 14.9. The van der Waals surface area contributed by atoms with Gasteiger partial charge in [-0.15, -0.1) is 11.3 Å². The minimum atomic E-state index is -0.360. The molecule has 2 N–H and O–H groups in total. The van der Waals surface area contributed by atoms with Gasteiger partial charge in [0, 0.05) is 28.6 Å². The van der Waals surface area contributed by atoms with Crippen molar-refractivity contribution in [3.8, 4) is 16.2 Å². The van der Waals surface area contributed by atoms with E-state index in [4.69, 9.17) is 4.74 Å². The summed E-state index contributed by atoms with van der Waals surface area (Å²) < 4.78 is 5.32. The van der Waals surface area contributed by atoms with Crippen LogP contribution in [0.3, 0.4) is 0 Å². The number of amides is 1. The number of aryl methyl sites for hydroxylation is 1. The number of methoxy groups -OCH3 is 1. The minimum Gasteiger partial charge on any atom is -0.497 e. The number of thiophene rings is 1. The minimum absolute atomic E-state index is 0.0672. The average Bonchev–Trinajstić information content (AvgIpc) is 3.37.